The lowest BCUT2D eigenvalue weighted by Gasteiger charge is -2.14. The Hall–Kier alpha value is -2.24. The first-order valence-electron chi connectivity index (χ1n) is 6.44. The summed E-state index contributed by atoms with van der Waals surface area (Å²) in [7, 11) is 1.50. The SMILES string of the molecule is COc1cccc(/C(N)=N/O)c1NC(=O)CCC(C)C. The number of nitrogens with one attached hydrogen (secondary N) is 1. The second-order valence-electron chi connectivity index (χ2n) is 4.85. The Labute approximate surface area is 118 Å². The lowest BCUT2D eigenvalue weighted by atomic mass is 10.1. The Kier molecular flexibility index (Phi) is 5.83. The van der Waals surface area contributed by atoms with Crippen molar-refractivity contribution in [3.63, 3.8) is 0 Å². The van der Waals surface area contributed by atoms with Crippen LogP contribution in [0.4, 0.5) is 5.69 Å². The van der Waals surface area contributed by atoms with Gasteiger partial charge in [0.2, 0.25) is 5.91 Å². The van der Waals surface area contributed by atoms with Crippen molar-refractivity contribution >= 4 is 17.4 Å². The maximum absolute atomic E-state index is 11.9. The van der Waals surface area contributed by atoms with Crippen molar-refractivity contribution in [3.8, 4) is 5.75 Å². The molecule has 0 radical (unpaired) electrons. The van der Waals surface area contributed by atoms with Gasteiger partial charge in [-0.1, -0.05) is 25.1 Å². The van der Waals surface area contributed by atoms with E-state index in [1.807, 2.05) is 0 Å². The van der Waals surface area contributed by atoms with E-state index in [4.69, 9.17) is 15.7 Å². The van der Waals surface area contributed by atoms with E-state index in [1.54, 1.807) is 18.2 Å². The number of anilines is 1. The second kappa shape index (κ2) is 7.37. The van der Waals surface area contributed by atoms with Crippen LogP contribution < -0.4 is 15.8 Å². The fourth-order valence-electron chi connectivity index (χ4n) is 1.72. The summed E-state index contributed by atoms with van der Waals surface area (Å²) in [6, 6.07) is 5.05. The first kappa shape index (κ1) is 15.8. The minimum atomic E-state index is -0.129. The van der Waals surface area contributed by atoms with Crippen molar-refractivity contribution in [2.75, 3.05) is 12.4 Å². The molecule has 0 saturated carbocycles. The maximum Gasteiger partial charge on any atom is 0.224 e. The van der Waals surface area contributed by atoms with Gasteiger partial charge in [-0.15, -0.1) is 0 Å². The summed E-state index contributed by atoms with van der Waals surface area (Å²) in [5, 5.41) is 14.5. The molecule has 1 rings (SSSR count). The lowest BCUT2D eigenvalue weighted by Crippen LogP contribution is -2.20. The molecule has 0 bridgehead atoms. The molecular weight excluding hydrogens is 258 g/mol. The molecule has 0 fully saturated rings. The van der Waals surface area contributed by atoms with E-state index in [0.29, 0.717) is 29.3 Å². The van der Waals surface area contributed by atoms with Gasteiger partial charge >= 0.3 is 0 Å². The van der Waals surface area contributed by atoms with Gasteiger partial charge in [0.1, 0.15) is 5.75 Å². The zero-order valence-corrected chi connectivity index (χ0v) is 12.0. The molecule has 4 N–H and O–H groups in total. The number of ether oxygens (including phenoxy) is 1. The molecule has 0 spiro atoms. The lowest BCUT2D eigenvalue weighted by molar-refractivity contribution is -0.116. The molecule has 1 aromatic carbocycles. The highest BCUT2D eigenvalue weighted by atomic mass is 16.5. The van der Waals surface area contributed by atoms with Gasteiger partial charge in [0.15, 0.2) is 5.84 Å². The summed E-state index contributed by atoms with van der Waals surface area (Å²) in [6.07, 6.45) is 1.20. The third-order valence-corrected chi connectivity index (χ3v) is 2.84. The number of nitrogens with zero attached hydrogens (tertiary/aromatic N) is 1. The van der Waals surface area contributed by atoms with Gasteiger partial charge in [-0.05, 0) is 24.5 Å². The number of methoxy groups -OCH3 is 1. The first-order valence-corrected chi connectivity index (χ1v) is 6.44. The molecule has 0 aliphatic carbocycles. The third-order valence-electron chi connectivity index (χ3n) is 2.84. The van der Waals surface area contributed by atoms with Gasteiger partial charge < -0.3 is 21.0 Å². The standard InChI is InChI=1S/C14H21N3O3/c1-9(2)7-8-12(18)16-13-10(14(15)17-19)5-4-6-11(13)20-3/h4-6,9,19H,7-8H2,1-3H3,(H2,15,17)(H,16,18). The zero-order valence-electron chi connectivity index (χ0n) is 12.0. The van der Waals surface area contributed by atoms with Crippen LogP contribution in [0.15, 0.2) is 23.4 Å². The third kappa shape index (κ3) is 4.15. The number of hydrogen-bond acceptors (Lipinski definition) is 4. The fraction of sp³-hybridized carbons (Fsp3) is 0.429. The summed E-state index contributed by atoms with van der Waals surface area (Å²) >= 11 is 0. The monoisotopic (exact) mass is 279 g/mol. The van der Waals surface area contributed by atoms with Crippen LogP contribution in [-0.2, 0) is 4.79 Å². The number of rotatable bonds is 6. The Morgan fingerprint density at radius 3 is 2.75 bits per heavy atom. The fourth-order valence-corrected chi connectivity index (χ4v) is 1.72. The molecule has 1 aromatic rings. The van der Waals surface area contributed by atoms with Crippen LogP contribution in [-0.4, -0.2) is 24.1 Å². The molecule has 0 saturated heterocycles. The van der Waals surface area contributed by atoms with E-state index in [-0.39, 0.29) is 11.7 Å². The number of carbonyl (C=O) groups excluding carboxylic acids is 1. The second-order valence-corrected chi connectivity index (χ2v) is 4.85. The Morgan fingerprint density at radius 2 is 2.20 bits per heavy atom. The molecular formula is C14H21N3O3. The van der Waals surface area contributed by atoms with E-state index in [9.17, 15) is 4.79 Å². The molecule has 0 aliphatic heterocycles. The van der Waals surface area contributed by atoms with Crippen molar-refractivity contribution in [2.45, 2.75) is 26.7 Å². The maximum atomic E-state index is 11.9. The van der Waals surface area contributed by atoms with Crippen molar-refractivity contribution in [3.05, 3.63) is 23.8 Å². The molecule has 0 aromatic heterocycles. The highest BCUT2D eigenvalue weighted by molar-refractivity contribution is 6.06. The van der Waals surface area contributed by atoms with Crippen molar-refractivity contribution in [1.29, 1.82) is 0 Å². The molecule has 6 nitrogen and oxygen atoms in total. The molecule has 0 aliphatic rings. The van der Waals surface area contributed by atoms with Crippen molar-refractivity contribution in [2.24, 2.45) is 16.8 Å². The summed E-state index contributed by atoms with van der Waals surface area (Å²) in [4.78, 5) is 11.9. The number of hydrogen-bond donors (Lipinski definition) is 3. The minimum Gasteiger partial charge on any atom is -0.495 e. The number of benzene rings is 1. The average Bonchev–Trinajstić information content (AvgIpc) is 2.44. The number of nitrogens with two attached hydrogens (primary N) is 1. The van der Waals surface area contributed by atoms with Crippen LogP contribution in [0.3, 0.4) is 0 Å². The van der Waals surface area contributed by atoms with E-state index in [2.05, 4.69) is 24.3 Å². The van der Waals surface area contributed by atoms with Crippen LogP contribution in [0.25, 0.3) is 0 Å². The summed E-state index contributed by atoms with van der Waals surface area (Å²) in [6.45, 7) is 4.11. The van der Waals surface area contributed by atoms with Gasteiger partial charge in [0.25, 0.3) is 0 Å². The molecule has 0 unspecified atom stereocenters. The molecule has 1 amide bonds. The Morgan fingerprint density at radius 1 is 1.50 bits per heavy atom. The highest BCUT2D eigenvalue weighted by Crippen LogP contribution is 2.28. The minimum absolute atomic E-state index is 0.0805. The molecule has 0 atom stereocenters. The quantitative estimate of drug-likeness (QED) is 0.322. The number of amidine groups is 1. The predicted molar refractivity (Wildman–Crippen MR) is 78.2 cm³/mol. The summed E-state index contributed by atoms with van der Waals surface area (Å²) < 4.78 is 5.20. The van der Waals surface area contributed by atoms with Gasteiger partial charge in [0.05, 0.1) is 12.8 Å². The Balaban J connectivity index is 2.99. The van der Waals surface area contributed by atoms with Gasteiger partial charge in [0, 0.05) is 12.0 Å². The van der Waals surface area contributed by atoms with Crippen LogP contribution in [0.2, 0.25) is 0 Å². The predicted octanol–water partition coefficient (Wildman–Crippen LogP) is 2.16. The number of carbonyl (C=O) groups is 1. The van der Waals surface area contributed by atoms with E-state index < -0.39 is 0 Å². The Bertz CT molecular complexity index is 498. The van der Waals surface area contributed by atoms with Crippen molar-refractivity contribution < 1.29 is 14.7 Å². The smallest absolute Gasteiger partial charge is 0.224 e. The molecule has 6 heteroatoms. The number of oxime groups is 1. The molecule has 0 heterocycles. The summed E-state index contributed by atoms with van der Waals surface area (Å²) in [5.41, 5.74) is 6.45. The summed E-state index contributed by atoms with van der Waals surface area (Å²) in [5.74, 6) is 0.701. The van der Waals surface area contributed by atoms with Crippen molar-refractivity contribution in [1.82, 2.24) is 0 Å². The number of para-hydroxylation sites is 1. The van der Waals surface area contributed by atoms with Gasteiger partial charge in [-0.25, -0.2) is 0 Å². The van der Waals surface area contributed by atoms with E-state index >= 15 is 0 Å². The van der Waals surface area contributed by atoms with Gasteiger partial charge in [-0.3, -0.25) is 4.79 Å². The van der Waals surface area contributed by atoms with Crippen LogP contribution >= 0.6 is 0 Å². The van der Waals surface area contributed by atoms with Crippen LogP contribution in [0, 0.1) is 5.92 Å². The first-order chi connectivity index (χ1) is 9.49. The molecule has 110 valence electrons. The topological polar surface area (TPSA) is 96.9 Å². The van der Waals surface area contributed by atoms with Crippen LogP contribution in [0.5, 0.6) is 5.75 Å². The number of amides is 1. The normalized spacial score (nSPS) is 11.5. The zero-order chi connectivity index (χ0) is 15.1. The van der Waals surface area contributed by atoms with E-state index in [0.717, 1.165) is 6.42 Å². The van der Waals surface area contributed by atoms with E-state index in [1.165, 1.54) is 7.11 Å². The average molecular weight is 279 g/mol. The highest BCUT2D eigenvalue weighted by Gasteiger charge is 2.15. The van der Waals surface area contributed by atoms with Crippen LogP contribution in [0.1, 0.15) is 32.3 Å². The molecule has 20 heavy (non-hydrogen) atoms. The van der Waals surface area contributed by atoms with Gasteiger partial charge in [-0.2, -0.15) is 0 Å². The largest absolute Gasteiger partial charge is 0.495 e.